The van der Waals surface area contributed by atoms with Crippen molar-refractivity contribution in [2.24, 2.45) is 0 Å². The van der Waals surface area contributed by atoms with Crippen molar-refractivity contribution in [1.29, 1.82) is 0 Å². The molecule has 0 nitrogen and oxygen atoms in total. The van der Waals surface area contributed by atoms with Crippen LogP contribution in [0.25, 0.3) is 33.4 Å². The third kappa shape index (κ3) is 3.16. The first-order valence-electron chi connectivity index (χ1n) is 8.33. The van der Waals surface area contributed by atoms with Gasteiger partial charge in [-0.15, -0.1) is 0 Å². The quantitative estimate of drug-likeness (QED) is 0.344. The second-order valence-electron chi connectivity index (χ2n) is 5.94. The first kappa shape index (κ1) is 15.9. The number of hydrogen-bond acceptors (Lipinski definition) is 0. The van der Waals surface area contributed by atoms with Crippen molar-refractivity contribution in [2.75, 3.05) is 0 Å². The molecule has 1 heteroatoms. The van der Waals surface area contributed by atoms with Gasteiger partial charge < -0.3 is 0 Å². The van der Waals surface area contributed by atoms with Gasteiger partial charge in [-0.3, -0.25) is 0 Å². The summed E-state index contributed by atoms with van der Waals surface area (Å²) in [5, 5.41) is 0. The molecule has 0 bridgehead atoms. The van der Waals surface area contributed by atoms with E-state index in [1.165, 1.54) is 33.4 Å². The molecule has 0 heterocycles. The Bertz CT molecular complexity index is 974. The Labute approximate surface area is 156 Å². The predicted molar refractivity (Wildman–Crippen MR) is 110 cm³/mol. The lowest BCUT2D eigenvalue weighted by Crippen LogP contribution is -1.91. The van der Waals surface area contributed by atoms with Crippen LogP contribution in [0.2, 0.25) is 0 Å². The molecule has 4 rings (SSSR count). The van der Waals surface area contributed by atoms with E-state index in [-0.39, 0.29) is 0 Å². The highest BCUT2D eigenvalue weighted by molar-refractivity contribution is 9.10. The number of rotatable bonds is 3. The Hall–Kier alpha value is -2.64. The fourth-order valence-electron chi connectivity index (χ4n) is 3.23. The number of hydrogen-bond donors (Lipinski definition) is 0. The largest absolute Gasteiger partial charge is 0.0622 e. The van der Waals surface area contributed by atoms with Crippen LogP contribution in [0.3, 0.4) is 0 Å². The molecule has 0 saturated heterocycles. The Balaban J connectivity index is 2.08. The second-order valence-corrected chi connectivity index (χ2v) is 6.80. The fourth-order valence-corrected chi connectivity index (χ4v) is 3.79. The lowest BCUT2D eigenvalue weighted by molar-refractivity contribution is 1.53. The molecular weight excluding hydrogens is 368 g/mol. The highest BCUT2D eigenvalue weighted by Crippen LogP contribution is 2.43. The van der Waals surface area contributed by atoms with Gasteiger partial charge in [0.05, 0.1) is 0 Å². The number of halogens is 1. The van der Waals surface area contributed by atoms with E-state index in [9.17, 15) is 0 Å². The molecule has 0 atom stereocenters. The van der Waals surface area contributed by atoms with Crippen molar-refractivity contribution < 1.29 is 0 Å². The van der Waals surface area contributed by atoms with Gasteiger partial charge in [0.2, 0.25) is 0 Å². The summed E-state index contributed by atoms with van der Waals surface area (Å²) in [6.07, 6.45) is 0. The molecule has 4 aromatic rings. The Kier molecular flexibility index (Phi) is 4.49. The minimum absolute atomic E-state index is 1.11. The summed E-state index contributed by atoms with van der Waals surface area (Å²) in [7, 11) is 0. The van der Waals surface area contributed by atoms with Gasteiger partial charge in [-0.25, -0.2) is 0 Å². The van der Waals surface area contributed by atoms with E-state index >= 15 is 0 Å². The molecule has 0 aliphatic carbocycles. The SMILES string of the molecule is Brc1ccc(-c2ccccc2)c(-c2ccccc2)c1-c1ccccc1. The average molecular weight is 385 g/mol. The highest BCUT2D eigenvalue weighted by Gasteiger charge is 2.16. The van der Waals surface area contributed by atoms with E-state index in [4.69, 9.17) is 0 Å². The lowest BCUT2D eigenvalue weighted by atomic mass is 9.88. The third-order valence-corrected chi connectivity index (χ3v) is 5.03. The van der Waals surface area contributed by atoms with E-state index < -0.39 is 0 Å². The molecule has 0 aromatic heterocycles. The maximum absolute atomic E-state index is 3.79. The van der Waals surface area contributed by atoms with E-state index in [1.54, 1.807) is 0 Å². The zero-order valence-corrected chi connectivity index (χ0v) is 15.3. The van der Waals surface area contributed by atoms with Gasteiger partial charge in [0.15, 0.2) is 0 Å². The van der Waals surface area contributed by atoms with Gasteiger partial charge in [0, 0.05) is 10.0 Å². The van der Waals surface area contributed by atoms with E-state index in [0.717, 1.165) is 4.47 Å². The van der Waals surface area contributed by atoms with Crippen LogP contribution in [-0.2, 0) is 0 Å². The Morgan fingerprint density at radius 3 is 1.36 bits per heavy atom. The van der Waals surface area contributed by atoms with E-state index in [1.807, 2.05) is 0 Å². The normalized spacial score (nSPS) is 10.6. The van der Waals surface area contributed by atoms with Crippen LogP contribution in [0.5, 0.6) is 0 Å². The molecule has 120 valence electrons. The van der Waals surface area contributed by atoms with Crippen LogP contribution < -0.4 is 0 Å². The van der Waals surface area contributed by atoms with Crippen LogP contribution in [0.1, 0.15) is 0 Å². The summed E-state index contributed by atoms with van der Waals surface area (Å²) in [4.78, 5) is 0. The molecule has 0 aliphatic heterocycles. The molecule has 0 spiro atoms. The predicted octanol–water partition coefficient (Wildman–Crippen LogP) is 7.45. The van der Waals surface area contributed by atoms with Crippen molar-refractivity contribution in [1.82, 2.24) is 0 Å². The number of benzene rings is 4. The third-order valence-electron chi connectivity index (χ3n) is 4.36. The van der Waals surface area contributed by atoms with Crippen LogP contribution in [-0.4, -0.2) is 0 Å². The smallest absolute Gasteiger partial charge is 0.0260 e. The summed E-state index contributed by atoms with van der Waals surface area (Å²) in [6.45, 7) is 0. The van der Waals surface area contributed by atoms with Gasteiger partial charge >= 0.3 is 0 Å². The minimum Gasteiger partial charge on any atom is -0.0622 e. The molecule has 0 unspecified atom stereocenters. The molecule has 0 amide bonds. The first-order valence-corrected chi connectivity index (χ1v) is 9.12. The van der Waals surface area contributed by atoms with Crippen molar-refractivity contribution in [3.63, 3.8) is 0 Å². The van der Waals surface area contributed by atoms with Crippen LogP contribution in [0, 0.1) is 0 Å². The average Bonchev–Trinajstić information content (AvgIpc) is 2.70. The molecular formula is C24H17Br. The Morgan fingerprint density at radius 1 is 0.400 bits per heavy atom. The van der Waals surface area contributed by atoms with Crippen molar-refractivity contribution in [3.8, 4) is 33.4 Å². The second kappa shape index (κ2) is 7.08. The van der Waals surface area contributed by atoms with Gasteiger partial charge in [0.25, 0.3) is 0 Å². The standard InChI is InChI=1S/C24H17Br/c25-22-17-16-21(18-10-4-1-5-11-18)23(19-12-6-2-7-13-19)24(22)20-14-8-3-9-15-20/h1-17H. The summed E-state index contributed by atoms with van der Waals surface area (Å²) in [5.41, 5.74) is 7.40. The molecule has 0 N–H and O–H groups in total. The maximum atomic E-state index is 3.79. The molecule has 0 aliphatic rings. The topological polar surface area (TPSA) is 0 Å². The molecule has 0 fully saturated rings. The molecule has 25 heavy (non-hydrogen) atoms. The summed E-state index contributed by atoms with van der Waals surface area (Å²) in [6, 6.07) is 36.1. The van der Waals surface area contributed by atoms with Gasteiger partial charge in [-0.1, -0.05) is 113 Å². The van der Waals surface area contributed by atoms with E-state index in [0.29, 0.717) is 0 Å². The molecule has 4 aromatic carbocycles. The van der Waals surface area contributed by atoms with Crippen LogP contribution in [0.15, 0.2) is 108 Å². The highest BCUT2D eigenvalue weighted by atomic mass is 79.9. The monoisotopic (exact) mass is 384 g/mol. The molecule has 0 radical (unpaired) electrons. The van der Waals surface area contributed by atoms with Gasteiger partial charge in [-0.2, -0.15) is 0 Å². The van der Waals surface area contributed by atoms with Crippen LogP contribution >= 0.6 is 15.9 Å². The first-order chi connectivity index (χ1) is 12.3. The summed E-state index contributed by atoms with van der Waals surface area (Å²) in [5.74, 6) is 0. The summed E-state index contributed by atoms with van der Waals surface area (Å²) < 4.78 is 1.11. The zero-order chi connectivity index (χ0) is 17.1. The van der Waals surface area contributed by atoms with Gasteiger partial charge in [-0.05, 0) is 33.9 Å². The minimum atomic E-state index is 1.11. The van der Waals surface area contributed by atoms with Crippen molar-refractivity contribution in [3.05, 3.63) is 108 Å². The van der Waals surface area contributed by atoms with Gasteiger partial charge in [0.1, 0.15) is 0 Å². The lowest BCUT2D eigenvalue weighted by Gasteiger charge is -2.18. The van der Waals surface area contributed by atoms with Crippen molar-refractivity contribution >= 4 is 15.9 Å². The Morgan fingerprint density at radius 2 is 0.840 bits per heavy atom. The van der Waals surface area contributed by atoms with Crippen molar-refractivity contribution in [2.45, 2.75) is 0 Å². The summed E-state index contributed by atoms with van der Waals surface area (Å²) >= 11 is 3.79. The maximum Gasteiger partial charge on any atom is 0.0260 e. The van der Waals surface area contributed by atoms with Crippen LogP contribution in [0.4, 0.5) is 0 Å². The zero-order valence-electron chi connectivity index (χ0n) is 13.7. The molecule has 0 saturated carbocycles. The van der Waals surface area contributed by atoms with E-state index in [2.05, 4.69) is 119 Å². The fraction of sp³-hybridized carbons (Fsp3) is 0.